The lowest BCUT2D eigenvalue weighted by molar-refractivity contribution is 0.101. The summed E-state index contributed by atoms with van der Waals surface area (Å²) < 4.78 is 18.7. The number of ether oxygens (including phenoxy) is 1. The number of ketones is 1. The highest BCUT2D eigenvalue weighted by atomic mass is 127. The zero-order valence-electron chi connectivity index (χ0n) is 7.31. The fourth-order valence-corrected chi connectivity index (χ4v) is 1.81. The number of hydrogen-bond acceptors (Lipinski definition) is 2. The van der Waals surface area contributed by atoms with Crippen molar-refractivity contribution in [2.75, 3.05) is 13.0 Å². The number of rotatable bonds is 3. The molecule has 0 atom stereocenters. The van der Waals surface area contributed by atoms with Crippen molar-refractivity contribution in [2.45, 2.75) is 0 Å². The van der Waals surface area contributed by atoms with Gasteiger partial charge in [0.2, 0.25) is 0 Å². The van der Waals surface area contributed by atoms with Gasteiger partial charge in [-0.2, -0.15) is 0 Å². The van der Waals surface area contributed by atoms with Crippen LogP contribution in [0.2, 0.25) is 0 Å². The lowest BCUT2D eigenvalue weighted by Crippen LogP contribution is -2.05. The highest BCUT2D eigenvalue weighted by Gasteiger charge is 2.16. The van der Waals surface area contributed by atoms with Crippen LogP contribution in [0.1, 0.15) is 10.4 Å². The molecule has 76 valence electrons. The topological polar surface area (TPSA) is 26.3 Å². The molecule has 0 radical (unpaired) electrons. The molecule has 0 N–H and O–H groups in total. The predicted molar refractivity (Wildman–Crippen MR) is 60.7 cm³/mol. The molecule has 14 heavy (non-hydrogen) atoms. The molecule has 5 heteroatoms. The minimum Gasteiger partial charge on any atom is -0.496 e. The first-order chi connectivity index (χ1) is 6.61. The van der Waals surface area contributed by atoms with Crippen LogP contribution in [0, 0.1) is 9.39 Å². The van der Waals surface area contributed by atoms with Gasteiger partial charge in [-0.05, 0) is 34.7 Å². The van der Waals surface area contributed by atoms with Gasteiger partial charge in [-0.3, -0.25) is 4.79 Å². The minimum atomic E-state index is -0.574. The van der Waals surface area contributed by atoms with Crippen molar-refractivity contribution in [1.82, 2.24) is 0 Å². The molecule has 0 amide bonds. The number of hydrogen-bond donors (Lipinski definition) is 0. The van der Waals surface area contributed by atoms with Gasteiger partial charge in [0.05, 0.1) is 22.1 Å². The fraction of sp³-hybridized carbons (Fsp3) is 0.222. The van der Waals surface area contributed by atoms with Crippen LogP contribution in [0.5, 0.6) is 5.75 Å². The molecular formula is C9H7ClFIO2. The second kappa shape index (κ2) is 4.93. The molecule has 0 saturated heterocycles. The summed E-state index contributed by atoms with van der Waals surface area (Å²) in [5, 5.41) is 0. The molecule has 0 unspecified atom stereocenters. The Morgan fingerprint density at radius 1 is 1.64 bits per heavy atom. The summed E-state index contributed by atoms with van der Waals surface area (Å²) in [6.07, 6.45) is 0. The van der Waals surface area contributed by atoms with E-state index in [1.54, 1.807) is 28.7 Å². The molecule has 0 spiro atoms. The van der Waals surface area contributed by atoms with Gasteiger partial charge in [0.1, 0.15) is 5.75 Å². The van der Waals surface area contributed by atoms with Crippen molar-refractivity contribution in [2.24, 2.45) is 0 Å². The maximum atomic E-state index is 13.5. The predicted octanol–water partition coefficient (Wildman–Crippen LogP) is 2.86. The van der Waals surface area contributed by atoms with E-state index >= 15 is 0 Å². The van der Waals surface area contributed by atoms with Gasteiger partial charge in [-0.25, -0.2) is 4.39 Å². The summed E-state index contributed by atoms with van der Waals surface area (Å²) >= 11 is 7.12. The van der Waals surface area contributed by atoms with Crippen LogP contribution >= 0.6 is 34.2 Å². The molecule has 1 aromatic carbocycles. The third-order valence-corrected chi connectivity index (χ3v) is 2.94. The van der Waals surface area contributed by atoms with E-state index in [9.17, 15) is 9.18 Å². The largest absolute Gasteiger partial charge is 0.496 e. The Hall–Kier alpha value is -0.360. The third-order valence-electron chi connectivity index (χ3n) is 1.69. The number of halogens is 3. The van der Waals surface area contributed by atoms with Crippen LogP contribution in [0.25, 0.3) is 0 Å². The Morgan fingerprint density at radius 3 is 2.79 bits per heavy atom. The Labute approximate surface area is 99.5 Å². The molecule has 1 rings (SSSR count). The molecule has 0 fully saturated rings. The van der Waals surface area contributed by atoms with Crippen LogP contribution in [0.4, 0.5) is 4.39 Å². The van der Waals surface area contributed by atoms with E-state index in [1.807, 2.05) is 0 Å². The van der Waals surface area contributed by atoms with Crippen molar-refractivity contribution >= 4 is 40.0 Å². The van der Waals surface area contributed by atoms with E-state index in [1.165, 1.54) is 13.2 Å². The monoisotopic (exact) mass is 328 g/mol. The van der Waals surface area contributed by atoms with Crippen molar-refractivity contribution in [1.29, 1.82) is 0 Å². The van der Waals surface area contributed by atoms with Crippen molar-refractivity contribution < 1.29 is 13.9 Å². The van der Waals surface area contributed by atoms with Gasteiger partial charge in [0, 0.05) is 0 Å². The molecule has 0 bridgehead atoms. The van der Waals surface area contributed by atoms with Crippen molar-refractivity contribution in [3.63, 3.8) is 0 Å². The fourth-order valence-electron chi connectivity index (χ4n) is 0.977. The van der Waals surface area contributed by atoms with Gasteiger partial charge in [-0.15, -0.1) is 11.6 Å². The minimum absolute atomic E-state index is 0.00481. The first kappa shape index (κ1) is 11.7. The van der Waals surface area contributed by atoms with Crippen LogP contribution < -0.4 is 4.74 Å². The summed E-state index contributed by atoms with van der Waals surface area (Å²) in [5.41, 5.74) is 0.00481. The van der Waals surface area contributed by atoms with E-state index in [2.05, 4.69) is 0 Å². The molecular weight excluding hydrogens is 321 g/mol. The number of alkyl halides is 1. The molecule has 0 heterocycles. The Morgan fingerprint density at radius 2 is 2.29 bits per heavy atom. The highest BCUT2D eigenvalue weighted by molar-refractivity contribution is 14.1. The molecule has 0 aliphatic rings. The second-order valence-corrected chi connectivity index (χ2v) is 3.85. The third kappa shape index (κ3) is 2.17. The second-order valence-electron chi connectivity index (χ2n) is 2.50. The molecule has 0 aliphatic carbocycles. The van der Waals surface area contributed by atoms with Gasteiger partial charge in [0.25, 0.3) is 0 Å². The van der Waals surface area contributed by atoms with Gasteiger partial charge >= 0.3 is 0 Å². The lowest BCUT2D eigenvalue weighted by atomic mass is 10.1. The zero-order chi connectivity index (χ0) is 10.7. The van der Waals surface area contributed by atoms with Crippen molar-refractivity contribution in [3.05, 3.63) is 27.1 Å². The van der Waals surface area contributed by atoms with E-state index in [0.29, 0.717) is 9.32 Å². The standard InChI is InChI=1S/C9H7ClFIO2/c1-14-7-3-2-5(6(13)4-10)8(11)9(7)12/h2-3H,4H2,1H3. The maximum absolute atomic E-state index is 13.5. The summed E-state index contributed by atoms with van der Waals surface area (Å²) in [5.74, 6) is -0.811. The normalized spacial score (nSPS) is 10.0. The summed E-state index contributed by atoms with van der Waals surface area (Å²) in [4.78, 5) is 11.2. The molecule has 0 aromatic heterocycles. The van der Waals surface area contributed by atoms with Crippen LogP contribution in [0.15, 0.2) is 12.1 Å². The Kier molecular flexibility index (Phi) is 4.12. The first-order valence-corrected chi connectivity index (χ1v) is 5.34. The summed E-state index contributed by atoms with van der Waals surface area (Å²) in [7, 11) is 1.44. The Balaban J connectivity index is 3.24. The highest BCUT2D eigenvalue weighted by Crippen LogP contribution is 2.26. The van der Waals surface area contributed by atoms with Crippen LogP contribution in [0.3, 0.4) is 0 Å². The maximum Gasteiger partial charge on any atom is 0.180 e. The van der Waals surface area contributed by atoms with Gasteiger partial charge in [0.15, 0.2) is 11.6 Å². The summed E-state index contributed by atoms with van der Waals surface area (Å²) in [6.45, 7) is 0. The lowest BCUT2D eigenvalue weighted by Gasteiger charge is -2.06. The zero-order valence-corrected chi connectivity index (χ0v) is 10.2. The van der Waals surface area contributed by atoms with E-state index < -0.39 is 11.6 Å². The number of Topliss-reactive ketones (excluding diaryl/α,β-unsaturated/α-hetero) is 1. The first-order valence-electron chi connectivity index (χ1n) is 3.73. The number of methoxy groups -OCH3 is 1. The number of carbonyl (C=O) groups is 1. The average molecular weight is 329 g/mol. The average Bonchev–Trinajstić information content (AvgIpc) is 2.21. The molecule has 0 aliphatic heterocycles. The molecule has 0 saturated carbocycles. The van der Waals surface area contributed by atoms with Crippen LogP contribution in [-0.2, 0) is 0 Å². The van der Waals surface area contributed by atoms with Gasteiger partial charge < -0.3 is 4.74 Å². The number of carbonyl (C=O) groups excluding carboxylic acids is 1. The quantitative estimate of drug-likeness (QED) is 0.484. The molecule has 2 nitrogen and oxygen atoms in total. The van der Waals surface area contributed by atoms with Gasteiger partial charge in [-0.1, -0.05) is 0 Å². The summed E-state index contributed by atoms with van der Waals surface area (Å²) in [6, 6.07) is 2.92. The van der Waals surface area contributed by atoms with E-state index in [0.717, 1.165) is 0 Å². The smallest absolute Gasteiger partial charge is 0.180 e. The molecule has 1 aromatic rings. The number of benzene rings is 1. The Bertz CT molecular complexity index is 368. The van der Waals surface area contributed by atoms with Crippen molar-refractivity contribution in [3.8, 4) is 5.75 Å². The van der Waals surface area contributed by atoms with E-state index in [4.69, 9.17) is 16.3 Å². The SMILES string of the molecule is COc1ccc(C(=O)CCl)c(F)c1I. The van der Waals surface area contributed by atoms with Crippen LogP contribution in [-0.4, -0.2) is 18.8 Å². The van der Waals surface area contributed by atoms with E-state index in [-0.39, 0.29) is 11.4 Å².